The minimum absolute atomic E-state index is 0.340. The molecular weight excluding hydrogens is 258 g/mol. The molecule has 0 fully saturated rings. The molecule has 1 N–H and O–H groups in total. The molecule has 1 unspecified atom stereocenters. The quantitative estimate of drug-likeness (QED) is 0.755. The molecular formula is C18H27N3. The van der Waals surface area contributed by atoms with E-state index in [9.17, 15) is 0 Å². The van der Waals surface area contributed by atoms with E-state index in [0.29, 0.717) is 6.04 Å². The maximum Gasteiger partial charge on any atom is 0.125 e. The number of hydrogen-bond acceptors (Lipinski definition) is 2. The Balaban J connectivity index is 2.04. The van der Waals surface area contributed by atoms with Gasteiger partial charge in [-0.05, 0) is 37.8 Å². The zero-order chi connectivity index (χ0) is 14.9. The van der Waals surface area contributed by atoms with Gasteiger partial charge in [-0.3, -0.25) is 0 Å². The van der Waals surface area contributed by atoms with Crippen molar-refractivity contribution >= 4 is 0 Å². The van der Waals surface area contributed by atoms with Crippen molar-refractivity contribution in [2.45, 2.75) is 52.1 Å². The Morgan fingerprint density at radius 1 is 1.14 bits per heavy atom. The fourth-order valence-corrected chi connectivity index (χ4v) is 2.66. The Morgan fingerprint density at radius 3 is 2.67 bits per heavy atom. The lowest BCUT2D eigenvalue weighted by Crippen LogP contribution is -2.26. The van der Waals surface area contributed by atoms with Crippen LogP contribution in [0.5, 0.6) is 0 Å². The maximum atomic E-state index is 4.60. The number of nitrogens with one attached hydrogen (secondary N) is 1. The van der Waals surface area contributed by atoms with Gasteiger partial charge in [-0.25, -0.2) is 4.98 Å². The number of hydrogen-bond donors (Lipinski definition) is 1. The highest BCUT2D eigenvalue weighted by molar-refractivity contribution is 5.15. The number of imidazole rings is 1. The predicted octanol–water partition coefficient (Wildman–Crippen LogP) is 3.97. The molecule has 0 aliphatic carbocycles. The zero-order valence-electron chi connectivity index (χ0n) is 13.3. The monoisotopic (exact) mass is 285 g/mol. The van der Waals surface area contributed by atoms with Crippen LogP contribution in [0.4, 0.5) is 0 Å². The second-order valence-electron chi connectivity index (χ2n) is 5.51. The van der Waals surface area contributed by atoms with E-state index in [2.05, 4.69) is 65.2 Å². The van der Waals surface area contributed by atoms with Gasteiger partial charge >= 0.3 is 0 Å². The average molecular weight is 285 g/mol. The SMILES string of the molecule is CCCNC(CCc1ccccc1)c1nccn1CCC. The van der Waals surface area contributed by atoms with Gasteiger partial charge in [0, 0.05) is 18.9 Å². The van der Waals surface area contributed by atoms with Crippen LogP contribution in [0.15, 0.2) is 42.7 Å². The van der Waals surface area contributed by atoms with Crippen molar-refractivity contribution in [3.05, 3.63) is 54.1 Å². The van der Waals surface area contributed by atoms with Gasteiger partial charge in [-0.2, -0.15) is 0 Å². The molecule has 0 amide bonds. The number of rotatable bonds is 9. The van der Waals surface area contributed by atoms with Crippen LogP contribution >= 0.6 is 0 Å². The van der Waals surface area contributed by atoms with Gasteiger partial charge in [0.1, 0.15) is 5.82 Å². The molecule has 3 heteroatoms. The Kier molecular flexibility index (Phi) is 6.48. The van der Waals surface area contributed by atoms with Crippen LogP contribution in [0.25, 0.3) is 0 Å². The Labute approximate surface area is 128 Å². The van der Waals surface area contributed by atoms with Crippen LogP contribution in [0, 0.1) is 0 Å². The summed E-state index contributed by atoms with van der Waals surface area (Å²) in [4.78, 5) is 4.60. The number of aryl methyl sites for hydroxylation is 2. The Bertz CT molecular complexity index is 504. The summed E-state index contributed by atoms with van der Waals surface area (Å²) < 4.78 is 2.29. The molecule has 2 aromatic rings. The van der Waals surface area contributed by atoms with Crippen molar-refractivity contribution in [3.8, 4) is 0 Å². The summed E-state index contributed by atoms with van der Waals surface area (Å²) >= 11 is 0. The number of benzene rings is 1. The van der Waals surface area contributed by atoms with Gasteiger partial charge in [-0.15, -0.1) is 0 Å². The van der Waals surface area contributed by atoms with E-state index in [1.165, 1.54) is 11.4 Å². The Morgan fingerprint density at radius 2 is 1.95 bits per heavy atom. The van der Waals surface area contributed by atoms with Crippen LogP contribution in [-0.2, 0) is 13.0 Å². The summed E-state index contributed by atoms with van der Waals surface area (Å²) in [7, 11) is 0. The van der Waals surface area contributed by atoms with Gasteiger partial charge in [0.25, 0.3) is 0 Å². The van der Waals surface area contributed by atoms with E-state index in [-0.39, 0.29) is 0 Å². The van der Waals surface area contributed by atoms with E-state index in [1.54, 1.807) is 0 Å². The van der Waals surface area contributed by atoms with Gasteiger partial charge in [0.2, 0.25) is 0 Å². The Hall–Kier alpha value is -1.61. The van der Waals surface area contributed by atoms with E-state index < -0.39 is 0 Å². The van der Waals surface area contributed by atoms with E-state index >= 15 is 0 Å². The molecule has 0 saturated heterocycles. The first-order valence-electron chi connectivity index (χ1n) is 8.13. The van der Waals surface area contributed by atoms with Crippen molar-refractivity contribution in [1.82, 2.24) is 14.9 Å². The van der Waals surface area contributed by atoms with Crippen LogP contribution in [0.1, 0.15) is 50.5 Å². The topological polar surface area (TPSA) is 29.9 Å². The number of nitrogens with zero attached hydrogens (tertiary/aromatic N) is 2. The highest BCUT2D eigenvalue weighted by atomic mass is 15.1. The normalized spacial score (nSPS) is 12.5. The predicted molar refractivity (Wildman–Crippen MR) is 88.3 cm³/mol. The standard InChI is InChI=1S/C18H27N3/c1-3-12-19-17(11-10-16-8-6-5-7-9-16)18-20-13-15-21(18)14-4-2/h5-9,13,15,17,19H,3-4,10-12,14H2,1-2H3. The molecule has 114 valence electrons. The molecule has 0 aliphatic rings. The lowest BCUT2D eigenvalue weighted by atomic mass is 10.0. The van der Waals surface area contributed by atoms with E-state index in [1.807, 2.05) is 6.20 Å². The van der Waals surface area contributed by atoms with Crippen LogP contribution < -0.4 is 5.32 Å². The van der Waals surface area contributed by atoms with Crippen molar-refractivity contribution in [2.75, 3.05) is 6.54 Å². The average Bonchev–Trinajstić information content (AvgIpc) is 2.97. The number of aromatic nitrogens is 2. The molecule has 2 rings (SSSR count). The van der Waals surface area contributed by atoms with Crippen LogP contribution in [0.2, 0.25) is 0 Å². The maximum absolute atomic E-state index is 4.60. The first kappa shape index (κ1) is 15.8. The smallest absolute Gasteiger partial charge is 0.125 e. The molecule has 0 aliphatic heterocycles. The van der Waals surface area contributed by atoms with E-state index in [0.717, 1.165) is 38.8 Å². The summed E-state index contributed by atoms with van der Waals surface area (Å²) in [6.45, 7) is 6.51. The summed E-state index contributed by atoms with van der Waals surface area (Å²) in [6.07, 6.45) is 8.49. The van der Waals surface area contributed by atoms with Crippen LogP contribution in [0.3, 0.4) is 0 Å². The third kappa shape index (κ3) is 4.71. The van der Waals surface area contributed by atoms with Gasteiger partial charge in [0.15, 0.2) is 0 Å². The molecule has 0 spiro atoms. The lowest BCUT2D eigenvalue weighted by molar-refractivity contribution is 0.453. The molecule has 1 aromatic carbocycles. The largest absolute Gasteiger partial charge is 0.334 e. The molecule has 3 nitrogen and oxygen atoms in total. The lowest BCUT2D eigenvalue weighted by Gasteiger charge is -2.19. The minimum atomic E-state index is 0.340. The van der Waals surface area contributed by atoms with E-state index in [4.69, 9.17) is 0 Å². The van der Waals surface area contributed by atoms with Crippen molar-refractivity contribution in [3.63, 3.8) is 0 Å². The van der Waals surface area contributed by atoms with Crippen molar-refractivity contribution in [2.24, 2.45) is 0 Å². The fraction of sp³-hybridized carbons (Fsp3) is 0.500. The third-order valence-corrected chi connectivity index (χ3v) is 3.73. The highest BCUT2D eigenvalue weighted by Crippen LogP contribution is 2.18. The first-order valence-corrected chi connectivity index (χ1v) is 8.13. The molecule has 1 aromatic heterocycles. The minimum Gasteiger partial charge on any atom is -0.334 e. The summed E-state index contributed by atoms with van der Waals surface area (Å²) in [5.41, 5.74) is 1.40. The van der Waals surface area contributed by atoms with Crippen molar-refractivity contribution in [1.29, 1.82) is 0 Å². The molecule has 1 atom stereocenters. The summed E-state index contributed by atoms with van der Waals surface area (Å²) in [5.74, 6) is 1.18. The fourth-order valence-electron chi connectivity index (χ4n) is 2.66. The van der Waals surface area contributed by atoms with Crippen molar-refractivity contribution < 1.29 is 0 Å². The van der Waals surface area contributed by atoms with Gasteiger partial charge in [-0.1, -0.05) is 44.2 Å². The zero-order valence-corrected chi connectivity index (χ0v) is 13.3. The molecule has 0 radical (unpaired) electrons. The van der Waals surface area contributed by atoms with Gasteiger partial charge < -0.3 is 9.88 Å². The van der Waals surface area contributed by atoms with Crippen LogP contribution in [-0.4, -0.2) is 16.1 Å². The molecule has 0 bridgehead atoms. The third-order valence-electron chi connectivity index (χ3n) is 3.73. The molecule has 21 heavy (non-hydrogen) atoms. The molecule has 1 heterocycles. The molecule has 0 saturated carbocycles. The highest BCUT2D eigenvalue weighted by Gasteiger charge is 2.16. The van der Waals surface area contributed by atoms with Gasteiger partial charge in [0.05, 0.1) is 6.04 Å². The first-order chi connectivity index (χ1) is 10.3. The summed E-state index contributed by atoms with van der Waals surface area (Å²) in [5, 5.41) is 3.66. The second-order valence-corrected chi connectivity index (χ2v) is 5.51. The summed E-state index contributed by atoms with van der Waals surface area (Å²) in [6, 6.07) is 11.0. The second kappa shape index (κ2) is 8.63.